The average molecular weight is 457 g/mol. The zero-order chi connectivity index (χ0) is 23.9. The second-order valence-electron chi connectivity index (χ2n) is 8.13. The summed E-state index contributed by atoms with van der Waals surface area (Å²) in [5, 5.41) is 4.07. The van der Waals surface area contributed by atoms with Gasteiger partial charge in [-0.25, -0.2) is 4.98 Å². The van der Waals surface area contributed by atoms with Gasteiger partial charge in [0.05, 0.1) is 19.0 Å². The number of anilines is 1. The largest absolute Gasteiger partial charge is 0.481 e. The summed E-state index contributed by atoms with van der Waals surface area (Å²) < 4.78 is 5.10. The van der Waals surface area contributed by atoms with Gasteiger partial charge in [-0.05, 0) is 29.7 Å². The zero-order valence-corrected chi connectivity index (χ0v) is 19.3. The van der Waals surface area contributed by atoms with E-state index in [-0.39, 0.29) is 18.2 Å². The Kier molecular flexibility index (Phi) is 7.22. The van der Waals surface area contributed by atoms with Crippen molar-refractivity contribution in [2.45, 2.75) is 25.3 Å². The number of hydrogen-bond acceptors (Lipinski definition) is 4. The minimum absolute atomic E-state index is 0.166. The van der Waals surface area contributed by atoms with Crippen molar-refractivity contribution in [1.82, 2.24) is 15.3 Å². The highest BCUT2D eigenvalue weighted by molar-refractivity contribution is 5.99. The van der Waals surface area contributed by atoms with Crippen LogP contribution in [0.1, 0.15) is 17.5 Å². The van der Waals surface area contributed by atoms with Crippen molar-refractivity contribution >= 4 is 28.4 Å². The number of para-hydroxylation sites is 1. The molecule has 0 saturated carbocycles. The smallest absolute Gasteiger partial charge is 0.249 e. The molecule has 2 aromatic carbocycles. The molecule has 2 N–H and O–H groups in total. The third-order valence-electron chi connectivity index (χ3n) is 5.86. The van der Waals surface area contributed by atoms with E-state index in [1.54, 1.807) is 32.5 Å². The number of fused-ring (bicyclic) bond motifs is 1. The lowest BCUT2D eigenvalue weighted by Gasteiger charge is -2.25. The van der Waals surface area contributed by atoms with Gasteiger partial charge in [0.2, 0.25) is 17.7 Å². The van der Waals surface area contributed by atoms with Crippen molar-refractivity contribution in [2.75, 3.05) is 19.1 Å². The highest BCUT2D eigenvalue weighted by Gasteiger charge is 2.25. The molecule has 0 fully saturated rings. The summed E-state index contributed by atoms with van der Waals surface area (Å²) in [5.41, 5.74) is 3.72. The first-order valence-corrected chi connectivity index (χ1v) is 11.2. The first kappa shape index (κ1) is 23.0. The van der Waals surface area contributed by atoms with Gasteiger partial charge < -0.3 is 19.9 Å². The molecule has 2 aromatic heterocycles. The zero-order valence-electron chi connectivity index (χ0n) is 19.3. The monoisotopic (exact) mass is 456 g/mol. The van der Waals surface area contributed by atoms with Gasteiger partial charge in [0, 0.05) is 43.1 Å². The van der Waals surface area contributed by atoms with Gasteiger partial charge in [-0.1, -0.05) is 48.5 Å². The van der Waals surface area contributed by atoms with Gasteiger partial charge in [-0.3, -0.25) is 9.59 Å². The summed E-state index contributed by atoms with van der Waals surface area (Å²) in [6, 6.07) is 20.4. The molecule has 174 valence electrons. The maximum Gasteiger partial charge on any atom is 0.249 e. The molecule has 0 aliphatic carbocycles. The van der Waals surface area contributed by atoms with Crippen LogP contribution in [-0.4, -0.2) is 42.0 Å². The number of rotatable bonds is 9. The molecule has 1 unspecified atom stereocenters. The Labute approximate surface area is 198 Å². The number of likely N-dealkylation sites (N-methyl/N-ethyl adjacent to an activating group) is 1. The molecular weight excluding hydrogens is 428 g/mol. The molecule has 0 spiro atoms. The molecule has 4 rings (SSSR count). The Morgan fingerprint density at radius 3 is 2.56 bits per heavy atom. The quantitative estimate of drug-likeness (QED) is 0.400. The van der Waals surface area contributed by atoms with E-state index in [0.29, 0.717) is 24.4 Å². The summed E-state index contributed by atoms with van der Waals surface area (Å²) in [5.74, 6) is 0.0908. The first-order chi connectivity index (χ1) is 16.5. The summed E-state index contributed by atoms with van der Waals surface area (Å²) in [4.78, 5) is 35.2. The van der Waals surface area contributed by atoms with Gasteiger partial charge in [-0.2, -0.15) is 0 Å². The predicted octanol–water partition coefficient (Wildman–Crippen LogP) is 3.89. The van der Waals surface area contributed by atoms with E-state index in [1.165, 1.54) is 4.90 Å². The molecule has 2 heterocycles. The Bertz CT molecular complexity index is 1250. The summed E-state index contributed by atoms with van der Waals surface area (Å²) in [6.07, 6.45) is 4.78. The second-order valence-corrected chi connectivity index (χ2v) is 8.13. The molecule has 0 aliphatic rings. The number of nitrogens with zero attached hydrogens (tertiary/aromatic N) is 2. The molecule has 0 bridgehead atoms. The number of amides is 2. The topological polar surface area (TPSA) is 87.3 Å². The molecule has 0 aliphatic heterocycles. The van der Waals surface area contributed by atoms with Crippen molar-refractivity contribution in [3.63, 3.8) is 0 Å². The van der Waals surface area contributed by atoms with Crippen molar-refractivity contribution in [1.29, 1.82) is 0 Å². The third kappa shape index (κ3) is 5.43. The number of ether oxygens (including phenoxy) is 1. The van der Waals surface area contributed by atoms with E-state index in [4.69, 9.17) is 4.74 Å². The number of aryl methyl sites for hydroxylation is 1. The van der Waals surface area contributed by atoms with Crippen LogP contribution in [0.25, 0.3) is 10.9 Å². The van der Waals surface area contributed by atoms with Crippen LogP contribution in [0.2, 0.25) is 0 Å². The molecule has 4 aromatic rings. The van der Waals surface area contributed by atoms with Crippen LogP contribution in [0.4, 0.5) is 5.69 Å². The summed E-state index contributed by atoms with van der Waals surface area (Å²) in [6.45, 7) is 0. The number of methoxy groups -OCH3 is 1. The van der Waals surface area contributed by atoms with Gasteiger partial charge in [0.1, 0.15) is 6.04 Å². The number of pyridine rings is 1. The van der Waals surface area contributed by atoms with E-state index >= 15 is 0 Å². The number of benzene rings is 2. The van der Waals surface area contributed by atoms with Gasteiger partial charge >= 0.3 is 0 Å². The fourth-order valence-corrected chi connectivity index (χ4v) is 3.96. The number of nitrogens with one attached hydrogen (secondary N) is 2. The minimum atomic E-state index is -0.704. The van der Waals surface area contributed by atoms with E-state index in [9.17, 15) is 9.59 Å². The standard InChI is InChI=1S/C27H28N4O3/c1-31(21-13-15-26(34-2)29-18-21)27(33)24(16-19-8-4-3-5-9-19)30-25(32)14-12-20-17-28-23-11-7-6-10-22(20)23/h3-11,13,15,17-18,24,28H,12,14,16H2,1-2H3,(H,30,32). The fraction of sp³-hybridized carbons (Fsp3) is 0.222. The second kappa shape index (κ2) is 10.7. The number of aromatic nitrogens is 2. The molecule has 1 atom stereocenters. The molecule has 7 nitrogen and oxygen atoms in total. The molecular formula is C27H28N4O3. The molecule has 34 heavy (non-hydrogen) atoms. The Morgan fingerprint density at radius 1 is 1.06 bits per heavy atom. The van der Waals surface area contributed by atoms with E-state index in [1.807, 2.05) is 60.8 Å². The van der Waals surface area contributed by atoms with Crippen LogP contribution in [-0.2, 0) is 22.4 Å². The van der Waals surface area contributed by atoms with Crippen LogP contribution in [0.5, 0.6) is 5.88 Å². The summed E-state index contributed by atoms with van der Waals surface area (Å²) >= 11 is 0. The molecule has 7 heteroatoms. The highest BCUT2D eigenvalue weighted by Crippen LogP contribution is 2.20. The molecule has 0 saturated heterocycles. The van der Waals surface area contributed by atoms with Crippen LogP contribution in [0.15, 0.2) is 79.1 Å². The Balaban J connectivity index is 1.47. The highest BCUT2D eigenvalue weighted by atomic mass is 16.5. The Hall–Kier alpha value is -4.13. The van der Waals surface area contributed by atoms with Crippen LogP contribution in [0, 0.1) is 0 Å². The van der Waals surface area contributed by atoms with E-state index < -0.39 is 6.04 Å². The number of H-pyrrole nitrogens is 1. The van der Waals surface area contributed by atoms with Gasteiger partial charge in [0.15, 0.2) is 0 Å². The maximum atomic E-state index is 13.4. The maximum absolute atomic E-state index is 13.4. The lowest BCUT2D eigenvalue weighted by atomic mass is 10.0. The van der Waals surface area contributed by atoms with E-state index in [2.05, 4.69) is 15.3 Å². The predicted molar refractivity (Wildman–Crippen MR) is 133 cm³/mol. The number of hydrogen-bond donors (Lipinski definition) is 2. The van der Waals surface area contributed by atoms with Crippen LogP contribution in [0.3, 0.4) is 0 Å². The summed E-state index contributed by atoms with van der Waals surface area (Å²) in [7, 11) is 3.22. The molecule has 2 amide bonds. The van der Waals surface area contributed by atoms with Gasteiger partial charge in [-0.15, -0.1) is 0 Å². The normalized spacial score (nSPS) is 11.7. The lowest BCUT2D eigenvalue weighted by Crippen LogP contribution is -2.48. The Morgan fingerprint density at radius 2 is 1.82 bits per heavy atom. The van der Waals surface area contributed by atoms with Crippen molar-refractivity contribution in [2.24, 2.45) is 0 Å². The average Bonchev–Trinajstić information content (AvgIpc) is 3.30. The van der Waals surface area contributed by atoms with Gasteiger partial charge in [0.25, 0.3) is 0 Å². The SMILES string of the molecule is COc1ccc(N(C)C(=O)C(Cc2ccccc2)NC(=O)CCc2c[nH]c3ccccc23)cn1. The van der Waals surface area contributed by atoms with Crippen LogP contribution < -0.4 is 15.0 Å². The number of aromatic amines is 1. The fourth-order valence-electron chi connectivity index (χ4n) is 3.96. The third-order valence-corrected chi connectivity index (χ3v) is 5.86. The van der Waals surface area contributed by atoms with E-state index in [0.717, 1.165) is 22.0 Å². The first-order valence-electron chi connectivity index (χ1n) is 11.2. The van der Waals surface area contributed by atoms with Crippen molar-refractivity contribution in [3.05, 3.63) is 90.3 Å². The van der Waals surface area contributed by atoms with Crippen molar-refractivity contribution < 1.29 is 14.3 Å². The number of carbonyl (C=O) groups excluding carboxylic acids is 2. The van der Waals surface area contributed by atoms with Crippen molar-refractivity contribution in [3.8, 4) is 5.88 Å². The lowest BCUT2D eigenvalue weighted by molar-refractivity contribution is -0.127. The minimum Gasteiger partial charge on any atom is -0.481 e. The van der Waals surface area contributed by atoms with Crippen LogP contribution >= 0.6 is 0 Å². The number of carbonyl (C=O) groups is 2. The molecule has 0 radical (unpaired) electrons.